The standard InChI is InChI=1S/C41H59ClN4O5S/c1-6-7-18-41(50-5,28-45-21-19-44(3)20-22-45)36-13-10-33(36)26-46-27-40(17-8-9-31-24-34(42)12-14-35(31)40)29-51-38-15-11-32(25-37(38)46)39(47)43-52(48)30(2)16-23-49-4/h7,11-12,14-15,18,24-25,30,33,36H,6,8-10,13,16-17,19-23,26-29H2,1-5H3,(H,43,47)/b18-7+/t30?,33?,36?,40-,41-,52?/m0/s1. The minimum Gasteiger partial charge on any atom is -0.490 e. The van der Waals surface area contributed by atoms with E-state index in [4.69, 9.17) is 25.8 Å². The van der Waals surface area contributed by atoms with Crippen LogP contribution in [0.5, 0.6) is 5.75 Å². The molecule has 52 heavy (non-hydrogen) atoms. The minimum atomic E-state index is -1.53. The van der Waals surface area contributed by atoms with E-state index in [1.807, 2.05) is 32.2 Å². The maximum absolute atomic E-state index is 13.6. The van der Waals surface area contributed by atoms with Crippen LogP contribution < -0.4 is 14.4 Å². The van der Waals surface area contributed by atoms with E-state index in [0.717, 1.165) is 101 Å². The summed E-state index contributed by atoms with van der Waals surface area (Å²) in [6, 6.07) is 12.0. The van der Waals surface area contributed by atoms with Gasteiger partial charge in [0.2, 0.25) is 0 Å². The number of halogens is 1. The lowest BCUT2D eigenvalue weighted by atomic mass is 9.63. The summed E-state index contributed by atoms with van der Waals surface area (Å²) in [6.07, 6.45) is 11.5. The molecule has 1 N–H and O–H groups in total. The van der Waals surface area contributed by atoms with Crippen molar-refractivity contribution in [2.75, 3.05) is 85.2 Å². The molecule has 286 valence electrons. The summed E-state index contributed by atoms with van der Waals surface area (Å²) < 4.78 is 34.3. The minimum absolute atomic E-state index is 0.225. The van der Waals surface area contributed by atoms with Crippen LogP contribution in [-0.4, -0.2) is 111 Å². The molecule has 4 unspecified atom stereocenters. The fourth-order valence-electron chi connectivity index (χ4n) is 8.86. The number of aryl methyl sites for hydroxylation is 1. The Morgan fingerprint density at radius 3 is 2.69 bits per heavy atom. The van der Waals surface area contributed by atoms with Crippen molar-refractivity contribution in [1.82, 2.24) is 14.5 Å². The van der Waals surface area contributed by atoms with Crippen molar-refractivity contribution in [1.29, 1.82) is 0 Å². The highest BCUT2D eigenvalue weighted by molar-refractivity contribution is 7.84. The van der Waals surface area contributed by atoms with E-state index >= 15 is 0 Å². The third-order valence-corrected chi connectivity index (χ3v) is 13.8. The van der Waals surface area contributed by atoms with Gasteiger partial charge in [-0.2, -0.15) is 0 Å². The number of likely N-dealkylation sites (N-methyl/N-ethyl adjacent to an activating group) is 1. The number of anilines is 1. The largest absolute Gasteiger partial charge is 0.490 e. The Kier molecular flexibility index (Phi) is 13.1. The predicted octanol–water partition coefficient (Wildman–Crippen LogP) is 6.26. The van der Waals surface area contributed by atoms with Gasteiger partial charge in [0.15, 0.2) is 0 Å². The molecule has 0 radical (unpaired) electrons. The Labute approximate surface area is 319 Å². The first-order chi connectivity index (χ1) is 25.1. The zero-order chi connectivity index (χ0) is 36.9. The first kappa shape index (κ1) is 39.2. The van der Waals surface area contributed by atoms with Gasteiger partial charge in [0.05, 0.1) is 17.5 Å². The smallest absolute Gasteiger partial charge is 0.263 e. The number of nitrogens with zero attached hydrogens (tertiary/aromatic N) is 3. The number of carbonyl (C=O) groups excluding carboxylic acids is 1. The fraction of sp³-hybridized carbons (Fsp3) is 0.634. The molecule has 2 aliphatic carbocycles. The van der Waals surface area contributed by atoms with Gasteiger partial charge in [-0.3, -0.25) is 14.4 Å². The van der Waals surface area contributed by atoms with E-state index in [0.29, 0.717) is 37.0 Å². The lowest BCUT2D eigenvalue weighted by Crippen LogP contribution is -2.58. The molecule has 2 aliphatic heterocycles. The van der Waals surface area contributed by atoms with Crippen LogP contribution in [-0.2, 0) is 32.3 Å². The van der Waals surface area contributed by atoms with Gasteiger partial charge in [0.25, 0.3) is 5.91 Å². The summed E-state index contributed by atoms with van der Waals surface area (Å²) in [5.74, 6) is 1.17. The lowest BCUT2D eigenvalue weighted by Gasteiger charge is -2.52. The van der Waals surface area contributed by atoms with E-state index in [2.05, 4.69) is 57.7 Å². The molecular formula is C41H59ClN4O5S. The highest BCUT2D eigenvalue weighted by atomic mass is 35.5. The van der Waals surface area contributed by atoms with Crippen LogP contribution in [0.2, 0.25) is 5.02 Å². The van der Waals surface area contributed by atoms with Crippen LogP contribution in [0.15, 0.2) is 48.6 Å². The molecule has 2 heterocycles. The third kappa shape index (κ3) is 8.58. The molecule has 9 nitrogen and oxygen atoms in total. The maximum atomic E-state index is 13.6. The molecule has 2 aromatic rings. The van der Waals surface area contributed by atoms with Crippen LogP contribution in [0.3, 0.4) is 0 Å². The molecule has 6 rings (SSSR count). The summed E-state index contributed by atoms with van der Waals surface area (Å²) in [7, 11) is 4.18. The van der Waals surface area contributed by atoms with Crippen molar-refractivity contribution in [3.63, 3.8) is 0 Å². The van der Waals surface area contributed by atoms with E-state index in [1.165, 1.54) is 11.1 Å². The van der Waals surface area contributed by atoms with Crippen molar-refractivity contribution >= 4 is 34.2 Å². The van der Waals surface area contributed by atoms with Gasteiger partial charge in [-0.25, -0.2) is 4.21 Å². The number of nitrogens with one attached hydrogen (secondary N) is 1. The first-order valence-corrected chi connectivity index (χ1v) is 20.8. The average Bonchev–Trinajstić information content (AvgIpc) is 3.28. The Hall–Kier alpha value is -2.47. The number of hydrogen-bond acceptors (Lipinski definition) is 8. The van der Waals surface area contributed by atoms with Gasteiger partial charge in [-0.15, -0.1) is 0 Å². The molecule has 1 saturated carbocycles. The molecule has 0 bridgehead atoms. The second-order valence-electron chi connectivity index (χ2n) is 15.6. The lowest BCUT2D eigenvalue weighted by molar-refractivity contribution is -0.0949. The van der Waals surface area contributed by atoms with E-state index < -0.39 is 11.0 Å². The van der Waals surface area contributed by atoms with Crippen molar-refractivity contribution in [3.05, 3.63) is 70.3 Å². The molecule has 1 amide bonds. The van der Waals surface area contributed by atoms with Crippen molar-refractivity contribution in [2.45, 2.75) is 75.1 Å². The van der Waals surface area contributed by atoms with Gasteiger partial charge in [0, 0.05) is 82.6 Å². The number of carbonyl (C=O) groups is 1. The topological polar surface area (TPSA) is 83.6 Å². The zero-order valence-corrected chi connectivity index (χ0v) is 33.4. The molecule has 11 heteroatoms. The summed E-state index contributed by atoms with van der Waals surface area (Å²) in [5, 5.41) is 0.539. The first-order valence-electron chi connectivity index (χ1n) is 19.2. The summed E-state index contributed by atoms with van der Waals surface area (Å²) in [5.41, 5.74) is 3.41. The van der Waals surface area contributed by atoms with E-state index in [1.54, 1.807) is 13.2 Å². The molecule has 2 aromatic carbocycles. The van der Waals surface area contributed by atoms with Gasteiger partial charge in [-0.05, 0) is 112 Å². The number of benzene rings is 2. The van der Waals surface area contributed by atoms with Crippen LogP contribution in [0.1, 0.15) is 73.9 Å². The zero-order valence-electron chi connectivity index (χ0n) is 31.8. The Balaban J connectivity index is 1.32. The monoisotopic (exact) mass is 754 g/mol. The Morgan fingerprint density at radius 1 is 1.17 bits per heavy atom. The third-order valence-electron chi connectivity index (χ3n) is 12.2. The summed E-state index contributed by atoms with van der Waals surface area (Å²) >= 11 is 6.52. The van der Waals surface area contributed by atoms with Crippen LogP contribution in [0.4, 0.5) is 5.69 Å². The summed E-state index contributed by atoms with van der Waals surface area (Å²) in [4.78, 5) is 21.1. The normalized spacial score (nSPS) is 26.1. The Bertz CT molecular complexity index is 1600. The number of hydrogen-bond donors (Lipinski definition) is 1. The van der Waals surface area contributed by atoms with E-state index in [-0.39, 0.29) is 22.2 Å². The second kappa shape index (κ2) is 17.3. The quantitative estimate of drug-likeness (QED) is 0.227. The van der Waals surface area contributed by atoms with Gasteiger partial charge in [0.1, 0.15) is 22.3 Å². The fourth-order valence-corrected chi connectivity index (χ4v) is 9.87. The molecule has 0 aromatic heterocycles. The number of piperazine rings is 1. The number of allylic oxidation sites excluding steroid dienone is 1. The highest BCUT2D eigenvalue weighted by Crippen LogP contribution is 2.49. The van der Waals surface area contributed by atoms with Crippen molar-refractivity contribution < 1.29 is 23.2 Å². The molecule has 4 aliphatic rings. The van der Waals surface area contributed by atoms with Crippen LogP contribution in [0, 0.1) is 11.8 Å². The highest BCUT2D eigenvalue weighted by Gasteiger charge is 2.49. The molecule has 2 fully saturated rings. The van der Waals surface area contributed by atoms with Crippen LogP contribution >= 0.6 is 11.6 Å². The van der Waals surface area contributed by atoms with Crippen molar-refractivity contribution in [2.24, 2.45) is 11.8 Å². The van der Waals surface area contributed by atoms with Gasteiger partial charge in [-0.1, -0.05) is 36.7 Å². The number of methoxy groups -OCH3 is 2. The predicted molar refractivity (Wildman–Crippen MR) is 211 cm³/mol. The van der Waals surface area contributed by atoms with Gasteiger partial charge >= 0.3 is 0 Å². The molecule has 6 atom stereocenters. The number of fused-ring (bicyclic) bond motifs is 3. The SMILES string of the molecule is CC/C=C/[C@@](CN1CCN(C)CC1)(OC)C1CCC1CN1C[C@@]2(CCCc3cc(Cl)ccc32)COc2ccc(C(=O)NS(=O)C(C)CCOC)cc21. The Morgan fingerprint density at radius 2 is 1.98 bits per heavy atom. The second-order valence-corrected chi connectivity index (χ2v) is 17.6. The van der Waals surface area contributed by atoms with E-state index in [9.17, 15) is 9.00 Å². The van der Waals surface area contributed by atoms with Crippen molar-refractivity contribution in [3.8, 4) is 5.75 Å². The molecule has 1 saturated heterocycles. The maximum Gasteiger partial charge on any atom is 0.263 e. The number of ether oxygens (including phenoxy) is 3. The van der Waals surface area contributed by atoms with Crippen LogP contribution in [0.25, 0.3) is 0 Å². The number of amides is 1. The molecular weight excluding hydrogens is 696 g/mol. The number of rotatable bonds is 14. The molecule has 1 spiro atoms. The average molecular weight is 755 g/mol. The van der Waals surface area contributed by atoms with Gasteiger partial charge < -0.3 is 24.0 Å². The summed E-state index contributed by atoms with van der Waals surface area (Å²) in [6.45, 7) is 11.8.